The maximum atomic E-state index is 12.6. The first-order valence-corrected chi connectivity index (χ1v) is 12.0. The monoisotopic (exact) mass is 408 g/mol. The van der Waals surface area contributed by atoms with Gasteiger partial charge in [-0.1, -0.05) is 25.7 Å². The topological polar surface area (TPSA) is 80.5 Å². The number of nitrogens with one attached hydrogen (secondary N) is 5. The van der Waals surface area contributed by atoms with Crippen molar-refractivity contribution in [1.82, 2.24) is 31.5 Å². The maximum absolute atomic E-state index is 12.6. The summed E-state index contributed by atoms with van der Waals surface area (Å²) in [5.74, 6) is 1.74. The molecule has 0 radical (unpaired) electrons. The van der Waals surface area contributed by atoms with Gasteiger partial charge in [0.1, 0.15) is 6.29 Å². The zero-order valence-electron chi connectivity index (χ0n) is 18.8. The Labute approximate surface area is 177 Å². The van der Waals surface area contributed by atoms with E-state index >= 15 is 0 Å². The second-order valence-electron chi connectivity index (χ2n) is 9.85. The number of hydrogen-bond acceptors (Lipinski definition) is 5. The predicted molar refractivity (Wildman–Crippen MR) is 118 cm³/mol. The smallest absolute Gasteiger partial charge is 0.317 e. The molecule has 0 aromatic heterocycles. The second kappa shape index (κ2) is 11.5. The summed E-state index contributed by atoms with van der Waals surface area (Å²) in [6.07, 6.45) is 12.5. The molecule has 3 fully saturated rings. The molecule has 1 aliphatic heterocycles. The molecule has 6 unspecified atom stereocenters. The van der Waals surface area contributed by atoms with Crippen LogP contribution < -0.4 is 26.6 Å². The fourth-order valence-corrected chi connectivity index (χ4v) is 5.44. The van der Waals surface area contributed by atoms with Crippen LogP contribution in [-0.4, -0.2) is 62.7 Å². The summed E-state index contributed by atoms with van der Waals surface area (Å²) in [6, 6.07) is 0.646. The van der Waals surface area contributed by atoms with E-state index in [-0.39, 0.29) is 18.5 Å². The Hall–Kier alpha value is -0.890. The summed E-state index contributed by atoms with van der Waals surface area (Å²) in [5.41, 5.74) is 0. The number of nitrogens with zero attached hydrogens (tertiary/aromatic N) is 1. The van der Waals surface area contributed by atoms with E-state index in [1.165, 1.54) is 44.9 Å². The first-order chi connectivity index (χ1) is 14.0. The van der Waals surface area contributed by atoms with Gasteiger partial charge < -0.3 is 20.9 Å². The Kier molecular flexibility index (Phi) is 9.03. The van der Waals surface area contributed by atoms with E-state index in [9.17, 15) is 4.79 Å². The molecule has 2 aliphatic carbocycles. The van der Waals surface area contributed by atoms with Gasteiger partial charge in [-0.2, -0.15) is 0 Å². The second-order valence-corrected chi connectivity index (χ2v) is 9.85. The lowest BCUT2D eigenvalue weighted by atomic mass is 9.69. The van der Waals surface area contributed by atoms with Crippen molar-refractivity contribution >= 4 is 6.03 Å². The van der Waals surface area contributed by atoms with E-state index in [2.05, 4.69) is 52.5 Å². The lowest BCUT2D eigenvalue weighted by Crippen LogP contribution is -2.68. The van der Waals surface area contributed by atoms with Gasteiger partial charge in [0.2, 0.25) is 0 Å². The van der Waals surface area contributed by atoms with E-state index in [1.54, 1.807) is 0 Å². The molecular weight excluding hydrogens is 364 g/mol. The minimum atomic E-state index is -0.191. The van der Waals surface area contributed by atoms with Crippen LogP contribution in [0.25, 0.3) is 0 Å². The fraction of sp³-hybridized carbons (Fsp3) is 0.955. The summed E-state index contributed by atoms with van der Waals surface area (Å²) >= 11 is 0. The Morgan fingerprint density at radius 3 is 2.55 bits per heavy atom. The Morgan fingerprint density at radius 1 is 0.966 bits per heavy atom. The summed E-state index contributed by atoms with van der Waals surface area (Å²) in [6.45, 7) is 4.31. The van der Waals surface area contributed by atoms with Gasteiger partial charge in [0.25, 0.3) is 0 Å². The van der Waals surface area contributed by atoms with Gasteiger partial charge in [-0.05, 0) is 84.5 Å². The van der Waals surface area contributed by atoms with Gasteiger partial charge in [-0.3, -0.25) is 10.6 Å². The van der Waals surface area contributed by atoms with Crippen LogP contribution >= 0.6 is 0 Å². The van der Waals surface area contributed by atoms with Crippen molar-refractivity contribution in [2.75, 3.05) is 27.2 Å². The number of carbonyl (C=O) groups excluding carboxylic acids is 1. The molecule has 3 aliphatic rings. The summed E-state index contributed by atoms with van der Waals surface area (Å²) in [5, 5.41) is 16.9. The maximum Gasteiger partial charge on any atom is 0.317 e. The summed E-state index contributed by atoms with van der Waals surface area (Å²) in [7, 11) is 4.23. The lowest BCUT2D eigenvalue weighted by molar-refractivity contribution is 0.141. The van der Waals surface area contributed by atoms with Crippen LogP contribution in [0, 0.1) is 11.8 Å². The van der Waals surface area contributed by atoms with Gasteiger partial charge in [0.05, 0.1) is 6.17 Å². The molecule has 2 saturated carbocycles. The fourth-order valence-electron chi connectivity index (χ4n) is 5.44. The molecule has 7 nitrogen and oxygen atoms in total. The highest BCUT2D eigenvalue weighted by Crippen LogP contribution is 2.40. The number of rotatable bonds is 8. The average Bonchev–Trinajstić information content (AvgIpc) is 2.67. The molecule has 6 atom stereocenters. The normalized spacial score (nSPS) is 35.2. The highest BCUT2D eigenvalue weighted by Gasteiger charge is 2.33. The van der Waals surface area contributed by atoms with Gasteiger partial charge in [-0.15, -0.1) is 0 Å². The third kappa shape index (κ3) is 7.70. The Morgan fingerprint density at radius 2 is 1.76 bits per heavy atom. The summed E-state index contributed by atoms with van der Waals surface area (Å²) < 4.78 is 0. The van der Waals surface area contributed by atoms with E-state index < -0.39 is 0 Å². The van der Waals surface area contributed by atoms with Crippen molar-refractivity contribution in [2.24, 2.45) is 11.8 Å². The summed E-state index contributed by atoms with van der Waals surface area (Å²) in [4.78, 5) is 14.8. The van der Waals surface area contributed by atoms with E-state index in [0.29, 0.717) is 12.1 Å². The number of urea groups is 1. The number of amides is 2. The zero-order chi connectivity index (χ0) is 20.6. The third-order valence-electron chi connectivity index (χ3n) is 6.98. The van der Waals surface area contributed by atoms with Crippen LogP contribution in [0.4, 0.5) is 4.79 Å². The van der Waals surface area contributed by atoms with Crippen molar-refractivity contribution in [3.63, 3.8) is 0 Å². The van der Waals surface area contributed by atoms with Crippen LogP contribution in [0.2, 0.25) is 0 Å². The molecule has 1 heterocycles. The molecule has 5 N–H and O–H groups in total. The van der Waals surface area contributed by atoms with Crippen LogP contribution in [0.1, 0.15) is 71.1 Å². The van der Waals surface area contributed by atoms with Crippen molar-refractivity contribution in [1.29, 1.82) is 0 Å². The first-order valence-electron chi connectivity index (χ1n) is 12.0. The standard InChI is InChI=1S/C22H44N6O/c1-16-14-20(23-12-6-7-13-28(2)3)26-21(24-16)27-22(29)25-19-11-10-17-8-4-5-9-18(17)15-19/h16-21,23-24,26H,4-15H2,1-3H3,(H2,25,27,29). The molecule has 3 rings (SSSR count). The molecule has 7 heteroatoms. The molecule has 29 heavy (non-hydrogen) atoms. The largest absolute Gasteiger partial charge is 0.335 e. The molecule has 2 amide bonds. The highest BCUT2D eigenvalue weighted by atomic mass is 16.2. The third-order valence-corrected chi connectivity index (χ3v) is 6.98. The van der Waals surface area contributed by atoms with Crippen molar-refractivity contribution in [3.8, 4) is 0 Å². The van der Waals surface area contributed by atoms with Crippen molar-refractivity contribution < 1.29 is 4.79 Å². The molecule has 1 saturated heterocycles. The van der Waals surface area contributed by atoms with Crippen molar-refractivity contribution in [3.05, 3.63) is 0 Å². The van der Waals surface area contributed by atoms with E-state index in [1.807, 2.05) is 0 Å². The zero-order valence-corrected chi connectivity index (χ0v) is 18.8. The van der Waals surface area contributed by atoms with Gasteiger partial charge in [0, 0.05) is 12.1 Å². The minimum absolute atomic E-state index is 0.0481. The van der Waals surface area contributed by atoms with Crippen LogP contribution in [0.15, 0.2) is 0 Å². The molecule has 0 spiro atoms. The number of carbonyl (C=O) groups is 1. The Balaban J connectivity index is 1.35. The average molecular weight is 409 g/mol. The quantitative estimate of drug-likeness (QED) is 0.398. The molecule has 0 aromatic rings. The van der Waals surface area contributed by atoms with E-state index in [0.717, 1.165) is 44.2 Å². The van der Waals surface area contributed by atoms with Crippen LogP contribution in [0.5, 0.6) is 0 Å². The van der Waals surface area contributed by atoms with Crippen molar-refractivity contribution in [2.45, 2.75) is 95.7 Å². The number of fused-ring (bicyclic) bond motifs is 1. The minimum Gasteiger partial charge on any atom is -0.335 e. The van der Waals surface area contributed by atoms with Gasteiger partial charge >= 0.3 is 6.03 Å². The highest BCUT2D eigenvalue weighted by molar-refractivity contribution is 5.74. The lowest BCUT2D eigenvalue weighted by Gasteiger charge is -2.40. The predicted octanol–water partition coefficient (Wildman–Crippen LogP) is 2.16. The van der Waals surface area contributed by atoms with Gasteiger partial charge in [0.15, 0.2) is 0 Å². The Bertz CT molecular complexity index is 502. The number of hydrogen-bond donors (Lipinski definition) is 5. The van der Waals surface area contributed by atoms with Crippen LogP contribution in [-0.2, 0) is 0 Å². The van der Waals surface area contributed by atoms with Gasteiger partial charge in [-0.25, -0.2) is 4.79 Å². The van der Waals surface area contributed by atoms with E-state index in [4.69, 9.17) is 0 Å². The van der Waals surface area contributed by atoms with Crippen LogP contribution in [0.3, 0.4) is 0 Å². The first kappa shape index (κ1) is 22.8. The molecule has 0 aromatic carbocycles. The SMILES string of the molecule is CC1CC(NCCCCN(C)C)NC(NC(=O)NC2CCC3CCCCC3C2)N1. The molecule has 168 valence electrons. The molecular formula is C22H44N6O. The molecule has 0 bridgehead atoms. The number of unbranched alkanes of at least 4 members (excludes halogenated alkanes) is 1.